The Morgan fingerprint density at radius 3 is 2.37 bits per heavy atom. The van der Waals surface area contributed by atoms with Crippen LogP contribution in [0.3, 0.4) is 0 Å². The molecule has 0 saturated heterocycles. The van der Waals surface area contributed by atoms with Crippen LogP contribution >= 0.6 is 0 Å². The fourth-order valence-corrected chi connectivity index (χ4v) is 4.09. The van der Waals surface area contributed by atoms with Crippen molar-refractivity contribution < 1.29 is 13.6 Å². The van der Waals surface area contributed by atoms with Crippen LogP contribution in [0, 0.1) is 19.7 Å². The third-order valence-electron chi connectivity index (χ3n) is 5.49. The van der Waals surface area contributed by atoms with E-state index in [9.17, 15) is 14.0 Å². The Kier molecular flexibility index (Phi) is 4.07. The molecule has 0 saturated carbocycles. The zero-order chi connectivity index (χ0) is 21.0. The number of carbonyl (C=O) groups excluding carboxylic acids is 1. The lowest BCUT2D eigenvalue weighted by Crippen LogP contribution is -2.29. The minimum atomic E-state index is -0.698. The minimum absolute atomic E-state index is 0.0344. The van der Waals surface area contributed by atoms with Gasteiger partial charge in [0.15, 0.2) is 5.43 Å². The molecule has 1 aliphatic heterocycles. The van der Waals surface area contributed by atoms with Gasteiger partial charge in [-0.25, -0.2) is 4.39 Å². The fourth-order valence-electron chi connectivity index (χ4n) is 4.09. The van der Waals surface area contributed by atoms with Gasteiger partial charge in [0.25, 0.3) is 5.91 Å². The largest absolute Gasteiger partial charge is 0.450 e. The van der Waals surface area contributed by atoms with E-state index >= 15 is 0 Å². The monoisotopic (exact) mass is 399 g/mol. The van der Waals surface area contributed by atoms with Crippen LogP contribution in [-0.4, -0.2) is 5.91 Å². The molecule has 30 heavy (non-hydrogen) atoms. The normalized spacial score (nSPS) is 15.6. The zero-order valence-corrected chi connectivity index (χ0v) is 16.5. The molecule has 0 radical (unpaired) electrons. The molecule has 0 spiro atoms. The van der Waals surface area contributed by atoms with E-state index in [1.807, 2.05) is 44.2 Å². The van der Waals surface area contributed by atoms with Crippen molar-refractivity contribution in [1.82, 2.24) is 0 Å². The number of rotatable bonds is 2. The van der Waals surface area contributed by atoms with E-state index in [-0.39, 0.29) is 28.5 Å². The smallest absolute Gasteiger partial charge is 0.295 e. The van der Waals surface area contributed by atoms with E-state index in [0.717, 1.165) is 11.1 Å². The number of amides is 1. The summed E-state index contributed by atoms with van der Waals surface area (Å²) < 4.78 is 19.5. The van der Waals surface area contributed by atoms with Crippen LogP contribution in [0.1, 0.15) is 38.9 Å². The maximum atomic E-state index is 13.6. The Morgan fingerprint density at radius 2 is 1.63 bits per heavy atom. The standard InChI is InChI=1S/C25H18FNO3/c1-14-4-3-5-18(12-14)27-22(16-7-9-17(26)10-8-16)21-23(28)19-13-15(2)6-11-20(19)30-24(21)25(27)29/h3-13,22H,1-2H3. The van der Waals surface area contributed by atoms with Gasteiger partial charge in [-0.05, 0) is 61.4 Å². The third-order valence-corrected chi connectivity index (χ3v) is 5.49. The molecule has 0 fully saturated rings. The molecule has 0 aliphatic carbocycles. The van der Waals surface area contributed by atoms with E-state index in [1.165, 1.54) is 12.1 Å². The minimum Gasteiger partial charge on any atom is -0.450 e. The van der Waals surface area contributed by atoms with Gasteiger partial charge in [-0.1, -0.05) is 35.9 Å². The molecule has 1 aliphatic rings. The Balaban J connectivity index is 1.83. The van der Waals surface area contributed by atoms with E-state index in [1.54, 1.807) is 29.2 Å². The summed E-state index contributed by atoms with van der Waals surface area (Å²) in [6.07, 6.45) is 0. The number of hydrogen-bond acceptors (Lipinski definition) is 3. The van der Waals surface area contributed by atoms with Gasteiger partial charge in [-0.15, -0.1) is 0 Å². The SMILES string of the molecule is Cc1cccc(N2C(=O)c3oc4ccc(C)cc4c(=O)c3C2c2ccc(F)cc2)c1. The molecule has 1 aromatic heterocycles. The predicted octanol–water partition coefficient (Wildman–Crippen LogP) is 5.30. The molecular weight excluding hydrogens is 381 g/mol. The van der Waals surface area contributed by atoms with Crippen molar-refractivity contribution in [1.29, 1.82) is 0 Å². The van der Waals surface area contributed by atoms with E-state index < -0.39 is 6.04 Å². The van der Waals surface area contributed by atoms with Gasteiger partial charge in [-0.2, -0.15) is 0 Å². The molecule has 1 amide bonds. The molecule has 2 heterocycles. The Morgan fingerprint density at radius 1 is 0.900 bits per heavy atom. The molecule has 5 rings (SSSR count). The average Bonchev–Trinajstić information content (AvgIpc) is 3.02. The van der Waals surface area contributed by atoms with Gasteiger partial charge >= 0.3 is 0 Å². The lowest BCUT2D eigenvalue weighted by Gasteiger charge is -2.25. The first-order valence-corrected chi connectivity index (χ1v) is 9.67. The number of anilines is 1. The molecule has 1 atom stereocenters. The Bertz CT molecular complexity index is 1370. The van der Waals surface area contributed by atoms with Crippen LogP contribution in [-0.2, 0) is 0 Å². The van der Waals surface area contributed by atoms with Crippen molar-refractivity contribution in [3.05, 3.63) is 111 Å². The van der Waals surface area contributed by atoms with Crippen molar-refractivity contribution in [3.63, 3.8) is 0 Å². The number of aryl methyl sites for hydroxylation is 2. The molecule has 3 aromatic carbocycles. The lowest BCUT2D eigenvalue weighted by atomic mass is 9.98. The highest BCUT2D eigenvalue weighted by Crippen LogP contribution is 2.41. The van der Waals surface area contributed by atoms with Crippen LogP contribution < -0.4 is 10.3 Å². The number of fused-ring (bicyclic) bond motifs is 2. The van der Waals surface area contributed by atoms with Crippen molar-refractivity contribution in [2.45, 2.75) is 19.9 Å². The summed E-state index contributed by atoms with van der Waals surface area (Å²) >= 11 is 0. The Hall–Kier alpha value is -3.73. The first kappa shape index (κ1) is 18.3. The highest BCUT2D eigenvalue weighted by Gasteiger charge is 2.43. The molecule has 4 aromatic rings. The summed E-state index contributed by atoms with van der Waals surface area (Å²) in [6, 6.07) is 18.0. The van der Waals surface area contributed by atoms with Crippen LogP contribution in [0.4, 0.5) is 10.1 Å². The van der Waals surface area contributed by atoms with Gasteiger partial charge in [-0.3, -0.25) is 14.5 Å². The maximum Gasteiger partial charge on any atom is 0.295 e. The second-order valence-electron chi connectivity index (χ2n) is 7.64. The molecule has 4 nitrogen and oxygen atoms in total. The average molecular weight is 399 g/mol. The summed E-state index contributed by atoms with van der Waals surface area (Å²) in [7, 11) is 0. The highest BCUT2D eigenvalue weighted by atomic mass is 19.1. The molecule has 0 bridgehead atoms. The molecule has 5 heteroatoms. The van der Waals surface area contributed by atoms with Crippen LogP contribution in [0.2, 0.25) is 0 Å². The predicted molar refractivity (Wildman–Crippen MR) is 113 cm³/mol. The number of hydrogen-bond donors (Lipinski definition) is 0. The first-order valence-electron chi connectivity index (χ1n) is 9.67. The van der Waals surface area contributed by atoms with Crippen LogP contribution in [0.15, 0.2) is 75.9 Å². The maximum absolute atomic E-state index is 13.6. The number of nitrogens with zero attached hydrogens (tertiary/aromatic N) is 1. The lowest BCUT2D eigenvalue weighted by molar-refractivity contribution is 0.0971. The van der Waals surface area contributed by atoms with E-state index in [0.29, 0.717) is 22.2 Å². The second kappa shape index (κ2) is 6.66. The topological polar surface area (TPSA) is 50.5 Å². The number of halogens is 1. The van der Waals surface area contributed by atoms with Crippen molar-refractivity contribution in [2.75, 3.05) is 4.90 Å². The summed E-state index contributed by atoms with van der Waals surface area (Å²) in [5, 5.41) is 0.430. The van der Waals surface area contributed by atoms with Crippen molar-refractivity contribution >= 4 is 22.6 Å². The van der Waals surface area contributed by atoms with Gasteiger partial charge in [0.05, 0.1) is 17.0 Å². The second-order valence-corrected chi connectivity index (χ2v) is 7.64. The quantitative estimate of drug-likeness (QED) is 0.460. The molecule has 148 valence electrons. The fraction of sp³-hybridized carbons (Fsp3) is 0.120. The van der Waals surface area contributed by atoms with Gasteiger partial charge in [0.2, 0.25) is 5.76 Å². The summed E-state index contributed by atoms with van der Waals surface area (Å²) in [5.41, 5.74) is 3.62. The molecule has 0 N–H and O–H groups in total. The first-order chi connectivity index (χ1) is 14.4. The van der Waals surface area contributed by atoms with Crippen LogP contribution in [0.25, 0.3) is 11.0 Å². The number of carbonyl (C=O) groups is 1. The summed E-state index contributed by atoms with van der Waals surface area (Å²) in [5.74, 6) is -0.733. The summed E-state index contributed by atoms with van der Waals surface area (Å²) in [6.45, 7) is 3.83. The summed E-state index contributed by atoms with van der Waals surface area (Å²) in [4.78, 5) is 28.5. The Labute approximate surface area is 172 Å². The van der Waals surface area contributed by atoms with Gasteiger partial charge in [0.1, 0.15) is 11.4 Å². The van der Waals surface area contributed by atoms with E-state index in [2.05, 4.69) is 0 Å². The third kappa shape index (κ3) is 2.74. The van der Waals surface area contributed by atoms with Crippen molar-refractivity contribution in [3.8, 4) is 0 Å². The van der Waals surface area contributed by atoms with Crippen LogP contribution in [0.5, 0.6) is 0 Å². The van der Waals surface area contributed by atoms with Crippen molar-refractivity contribution in [2.24, 2.45) is 0 Å². The van der Waals surface area contributed by atoms with Gasteiger partial charge < -0.3 is 4.42 Å². The number of benzene rings is 3. The molecule has 1 unspecified atom stereocenters. The van der Waals surface area contributed by atoms with E-state index in [4.69, 9.17) is 4.42 Å². The highest BCUT2D eigenvalue weighted by molar-refractivity contribution is 6.10. The zero-order valence-electron chi connectivity index (χ0n) is 16.5. The molecular formula is C25H18FNO3. The van der Waals surface area contributed by atoms with Gasteiger partial charge in [0, 0.05) is 5.69 Å².